The molecule has 0 saturated heterocycles. The molecule has 0 aliphatic heterocycles. The second-order valence-corrected chi connectivity index (χ2v) is 6.08. The lowest BCUT2D eigenvalue weighted by atomic mass is 10.0. The largest absolute Gasteiger partial charge is 0.359 e. The summed E-state index contributed by atoms with van der Waals surface area (Å²) in [4.78, 5) is 2.16. The van der Waals surface area contributed by atoms with Crippen LogP contribution in [0.25, 0.3) is 11.1 Å². The second kappa shape index (κ2) is 8.39. The van der Waals surface area contributed by atoms with Gasteiger partial charge in [-0.25, -0.2) is 0 Å². The van der Waals surface area contributed by atoms with E-state index in [2.05, 4.69) is 92.8 Å². The van der Waals surface area contributed by atoms with E-state index in [-0.39, 0.29) is 0 Å². The fourth-order valence-corrected chi connectivity index (χ4v) is 2.55. The monoisotopic (exact) mass is 320 g/mol. The van der Waals surface area contributed by atoms with Crippen molar-refractivity contribution in [3.8, 4) is 11.1 Å². The molecule has 0 heterocycles. The lowest BCUT2D eigenvalue weighted by Crippen LogP contribution is -2.15. The Kier molecular flexibility index (Phi) is 6.25. The number of anilines is 2. The van der Waals surface area contributed by atoms with Crippen LogP contribution in [0.2, 0.25) is 0 Å². The molecule has 0 atom stereocenters. The maximum absolute atomic E-state index is 4.15. The van der Waals surface area contributed by atoms with Crippen molar-refractivity contribution in [2.24, 2.45) is 0 Å². The van der Waals surface area contributed by atoms with Crippen molar-refractivity contribution in [3.63, 3.8) is 0 Å². The van der Waals surface area contributed by atoms with Crippen LogP contribution in [-0.2, 0) is 0 Å². The van der Waals surface area contributed by atoms with Crippen LogP contribution >= 0.6 is 0 Å². The van der Waals surface area contributed by atoms with Crippen molar-refractivity contribution in [1.82, 2.24) is 0 Å². The minimum Gasteiger partial charge on any atom is -0.359 e. The van der Waals surface area contributed by atoms with Crippen LogP contribution in [0.1, 0.15) is 33.1 Å². The molecule has 2 heteroatoms. The van der Waals surface area contributed by atoms with Crippen molar-refractivity contribution < 1.29 is 0 Å². The van der Waals surface area contributed by atoms with Gasteiger partial charge < -0.3 is 10.2 Å². The van der Waals surface area contributed by atoms with Gasteiger partial charge in [0.2, 0.25) is 0 Å². The highest BCUT2D eigenvalue weighted by molar-refractivity contribution is 5.69. The number of allylic oxidation sites excluding steroid dienone is 2. The number of hydrogen-bond acceptors (Lipinski definition) is 2. The first-order chi connectivity index (χ1) is 11.5. The molecule has 2 nitrogen and oxygen atoms in total. The molecule has 0 bridgehead atoms. The Balaban J connectivity index is 2.10. The molecule has 2 aromatic rings. The van der Waals surface area contributed by atoms with Crippen molar-refractivity contribution in [2.45, 2.75) is 33.1 Å². The van der Waals surface area contributed by atoms with Crippen LogP contribution in [0.4, 0.5) is 11.4 Å². The molecular formula is C22H28N2. The molecule has 0 aliphatic rings. The predicted octanol–water partition coefficient (Wildman–Crippen LogP) is 6.44. The van der Waals surface area contributed by atoms with E-state index in [1.54, 1.807) is 0 Å². The van der Waals surface area contributed by atoms with Gasteiger partial charge in [0.15, 0.2) is 0 Å². The SMILES string of the molecule is C=C(CC)Nc1ccc(-c2ccc(N(C)C(=C)CCC)cc2)cc1. The average Bonchev–Trinajstić information content (AvgIpc) is 2.62. The first kappa shape index (κ1) is 17.9. The normalized spacial score (nSPS) is 10.3. The molecular weight excluding hydrogens is 292 g/mol. The molecule has 0 aromatic heterocycles. The van der Waals surface area contributed by atoms with E-state index in [4.69, 9.17) is 0 Å². The van der Waals surface area contributed by atoms with Crippen molar-refractivity contribution >= 4 is 11.4 Å². The first-order valence-corrected chi connectivity index (χ1v) is 8.62. The van der Waals surface area contributed by atoms with Crippen LogP contribution in [0, 0.1) is 0 Å². The van der Waals surface area contributed by atoms with Gasteiger partial charge in [-0.2, -0.15) is 0 Å². The van der Waals surface area contributed by atoms with Crippen molar-refractivity contribution in [1.29, 1.82) is 0 Å². The summed E-state index contributed by atoms with van der Waals surface area (Å²) in [6, 6.07) is 17.1. The van der Waals surface area contributed by atoms with E-state index >= 15 is 0 Å². The lowest BCUT2D eigenvalue weighted by molar-refractivity contribution is 0.865. The van der Waals surface area contributed by atoms with Gasteiger partial charge in [0.1, 0.15) is 0 Å². The van der Waals surface area contributed by atoms with Gasteiger partial charge in [-0.3, -0.25) is 0 Å². The van der Waals surface area contributed by atoms with Crippen LogP contribution in [0.5, 0.6) is 0 Å². The molecule has 1 N–H and O–H groups in total. The van der Waals surface area contributed by atoms with Crippen LogP contribution in [0.3, 0.4) is 0 Å². The molecule has 24 heavy (non-hydrogen) atoms. The topological polar surface area (TPSA) is 15.3 Å². The predicted molar refractivity (Wildman–Crippen MR) is 107 cm³/mol. The molecule has 2 aromatic carbocycles. The summed E-state index contributed by atoms with van der Waals surface area (Å²) in [5.41, 5.74) is 6.87. The molecule has 0 radical (unpaired) electrons. The van der Waals surface area contributed by atoms with Crippen molar-refractivity contribution in [2.75, 3.05) is 17.3 Å². The van der Waals surface area contributed by atoms with E-state index in [0.29, 0.717) is 0 Å². The van der Waals surface area contributed by atoms with Gasteiger partial charge in [-0.15, -0.1) is 0 Å². The van der Waals surface area contributed by atoms with E-state index in [1.807, 2.05) is 0 Å². The Morgan fingerprint density at radius 1 is 0.917 bits per heavy atom. The number of nitrogens with one attached hydrogen (secondary N) is 1. The van der Waals surface area contributed by atoms with E-state index in [9.17, 15) is 0 Å². The Morgan fingerprint density at radius 3 is 1.96 bits per heavy atom. The lowest BCUT2D eigenvalue weighted by Gasteiger charge is -2.22. The van der Waals surface area contributed by atoms with Crippen LogP contribution < -0.4 is 10.2 Å². The average molecular weight is 320 g/mol. The van der Waals surface area contributed by atoms with Gasteiger partial charge in [0.05, 0.1) is 0 Å². The van der Waals surface area contributed by atoms with E-state index in [1.165, 1.54) is 16.8 Å². The minimum atomic E-state index is 0.931. The van der Waals surface area contributed by atoms with Crippen LogP contribution in [-0.4, -0.2) is 7.05 Å². The highest BCUT2D eigenvalue weighted by Gasteiger charge is 2.05. The number of benzene rings is 2. The fourth-order valence-electron chi connectivity index (χ4n) is 2.55. The number of nitrogens with zero attached hydrogens (tertiary/aromatic N) is 1. The van der Waals surface area contributed by atoms with E-state index < -0.39 is 0 Å². The second-order valence-electron chi connectivity index (χ2n) is 6.08. The summed E-state index contributed by atoms with van der Waals surface area (Å²) in [5.74, 6) is 0. The molecule has 126 valence electrons. The first-order valence-electron chi connectivity index (χ1n) is 8.62. The van der Waals surface area contributed by atoms with Gasteiger partial charge in [0.25, 0.3) is 0 Å². The minimum absolute atomic E-state index is 0.931. The molecule has 0 unspecified atom stereocenters. The van der Waals surface area contributed by atoms with Gasteiger partial charge in [-0.05, 0) is 48.2 Å². The zero-order valence-electron chi connectivity index (χ0n) is 15.1. The van der Waals surface area contributed by atoms with Crippen molar-refractivity contribution in [3.05, 3.63) is 73.1 Å². The molecule has 0 amide bonds. The third kappa shape index (κ3) is 4.51. The quantitative estimate of drug-likeness (QED) is 0.602. The summed E-state index contributed by atoms with van der Waals surface area (Å²) in [5, 5.41) is 3.31. The van der Waals surface area contributed by atoms with Crippen LogP contribution in [0.15, 0.2) is 73.1 Å². The Labute approximate surface area is 146 Å². The maximum atomic E-state index is 4.15. The smallest absolute Gasteiger partial charge is 0.0405 e. The third-order valence-electron chi connectivity index (χ3n) is 4.23. The molecule has 0 fully saturated rings. The fraction of sp³-hybridized carbons (Fsp3) is 0.273. The van der Waals surface area contributed by atoms with Gasteiger partial charge in [-0.1, -0.05) is 57.7 Å². The molecule has 0 spiro atoms. The van der Waals surface area contributed by atoms with Gasteiger partial charge >= 0.3 is 0 Å². The number of rotatable bonds is 8. The number of hydrogen-bond donors (Lipinski definition) is 1. The zero-order chi connectivity index (χ0) is 17.5. The summed E-state index contributed by atoms with van der Waals surface area (Å²) in [7, 11) is 2.08. The summed E-state index contributed by atoms with van der Waals surface area (Å²) >= 11 is 0. The third-order valence-corrected chi connectivity index (χ3v) is 4.23. The highest BCUT2D eigenvalue weighted by Crippen LogP contribution is 2.26. The Hall–Kier alpha value is -2.48. The zero-order valence-corrected chi connectivity index (χ0v) is 15.1. The summed E-state index contributed by atoms with van der Waals surface area (Å²) in [6.07, 6.45) is 3.07. The maximum Gasteiger partial charge on any atom is 0.0405 e. The summed E-state index contributed by atoms with van der Waals surface area (Å²) in [6.45, 7) is 12.4. The molecule has 0 aliphatic carbocycles. The Morgan fingerprint density at radius 2 is 1.46 bits per heavy atom. The van der Waals surface area contributed by atoms with Gasteiger partial charge in [0, 0.05) is 29.8 Å². The summed E-state index contributed by atoms with van der Waals surface area (Å²) < 4.78 is 0. The molecule has 2 rings (SSSR count). The molecule has 0 saturated carbocycles. The Bertz CT molecular complexity index is 681. The van der Waals surface area contributed by atoms with E-state index in [0.717, 1.165) is 36.3 Å². The highest BCUT2D eigenvalue weighted by atomic mass is 15.1. The standard InChI is InChI=1S/C22H28N2/c1-6-8-18(4)24(5)22-15-11-20(12-16-22)19-9-13-21(14-10-19)23-17(3)7-2/h9-16,23H,3-4,6-8H2,1-2,5H3.